The number of aliphatic hydroxyl groups is 2. The molecule has 3 N–H and O–H groups in total. The normalized spacial score (nSPS) is 10.8. The summed E-state index contributed by atoms with van der Waals surface area (Å²) in [6.07, 6.45) is 37.6. The molecule has 0 unspecified atom stereocenters. The van der Waals surface area contributed by atoms with Crippen molar-refractivity contribution in [2.45, 2.75) is 213 Å². The summed E-state index contributed by atoms with van der Waals surface area (Å²) in [6.45, 7) is 10.7. The molecule has 0 spiro atoms. The SMILES string of the molecule is CCCCCCCCC(CCCCCCCC)OC.CCCCCOO.O=CCCCCCCCN(CCO)CCCCCCCCO.[Y]. The fraction of sp³-hybridized carbons (Fsp3) is 0.976. The summed E-state index contributed by atoms with van der Waals surface area (Å²) in [6, 6.07) is 0. The van der Waals surface area contributed by atoms with Gasteiger partial charge in [0.2, 0.25) is 0 Å². The number of unbranched alkanes of at least 4 members (excludes halogenated alkanes) is 22. The second-order valence-corrected chi connectivity index (χ2v) is 13.6. The second-order valence-electron chi connectivity index (χ2n) is 13.6. The van der Waals surface area contributed by atoms with Crippen molar-refractivity contribution in [3.63, 3.8) is 0 Å². The van der Waals surface area contributed by atoms with Crippen LogP contribution in [-0.4, -0.2) is 79.3 Å². The van der Waals surface area contributed by atoms with Crippen molar-refractivity contribution >= 4 is 6.29 Å². The number of hydrogen-bond acceptors (Lipinski definition) is 7. The smallest absolute Gasteiger partial charge is 0.119 e. The van der Waals surface area contributed by atoms with Crippen molar-refractivity contribution < 1.29 is 62.6 Å². The summed E-state index contributed by atoms with van der Waals surface area (Å²) >= 11 is 0. The average molecular weight is 779 g/mol. The zero-order valence-electron chi connectivity index (χ0n) is 33.5. The Bertz CT molecular complexity index is 526. The molecule has 0 heterocycles. The van der Waals surface area contributed by atoms with Gasteiger partial charge in [-0.15, -0.1) is 0 Å². The minimum absolute atomic E-state index is 0. The van der Waals surface area contributed by atoms with E-state index in [4.69, 9.17) is 20.2 Å². The van der Waals surface area contributed by atoms with Gasteiger partial charge < -0.3 is 24.6 Å². The third kappa shape index (κ3) is 55.5. The first-order chi connectivity index (χ1) is 23.6. The van der Waals surface area contributed by atoms with E-state index in [9.17, 15) is 4.79 Å². The molecule has 0 aromatic carbocycles. The summed E-state index contributed by atoms with van der Waals surface area (Å²) in [7, 11) is 1.89. The maximum atomic E-state index is 10.2. The number of carbonyl (C=O) groups is 1. The largest absolute Gasteiger partial charge is 0.396 e. The van der Waals surface area contributed by atoms with Gasteiger partial charge in [-0.2, -0.15) is 0 Å². The number of aliphatic hydroxyl groups excluding tert-OH is 2. The van der Waals surface area contributed by atoms with Crippen LogP contribution in [0.15, 0.2) is 0 Å². The van der Waals surface area contributed by atoms with Crippen LogP contribution in [0.1, 0.15) is 207 Å². The average Bonchev–Trinajstić information content (AvgIpc) is 3.10. The molecule has 0 aliphatic rings. The molecule has 1 radical (unpaired) electrons. The molecule has 8 heteroatoms. The number of methoxy groups -OCH3 is 1. The quantitative estimate of drug-likeness (QED) is 0.0250. The van der Waals surface area contributed by atoms with Gasteiger partial charge in [-0.1, -0.05) is 156 Å². The van der Waals surface area contributed by atoms with Gasteiger partial charge in [0.15, 0.2) is 0 Å². The van der Waals surface area contributed by atoms with Crippen molar-refractivity contribution in [1.82, 2.24) is 4.90 Å². The van der Waals surface area contributed by atoms with E-state index in [2.05, 4.69) is 30.6 Å². The van der Waals surface area contributed by atoms with Crippen molar-refractivity contribution in [2.75, 3.05) is 46.6 Å². The summed E-state index contributed by atoms with van der Waals surface area (Å²) in [4.78, 5) is 16.4. The molecule has 0 atom stereocenters. The molecule has 0 aromatic rings. The zero-order valence-corrected chi connectivity index (χ0v) is 36.3. The van der Waals surface area contributed by atoms with Crippen LogP contribution in [0.3, 0.4) is 0 Å². The maximum Gasteiger partial charge on any atom is 0.119 e. The molecule has 0 amide bonds. The Kier molecular flexibility index (Phi) is 63.5. The monoisotopic (exact) mass is 779 g/mol. The van der Waals surface area contributed by atoms with Crippen molar-refractivity contribution in [3.05, 3.63) is 0 Å². The van der Waals surface area contributed by atoms with Crippen molar-refractivity contribution in [2.24, 2.45) is 0 Å². The van der Waals surface area contributed by atoms with Crippen LogP contribution >= 0.6 is 0 Å². The van der Waals surface area contributed by atoms with E-state index < -0.39 is 0 Å². The second kappa shape index (κ2) is 55.3. The van der Waals surface area contributed by atoms with Crippen LogP contribution in [0, 0.1) is 0 Å². The summed E-state index contributed by atoms with van der Waals surface area (Å²) in [5.41, 5.74) is 0. The Hall–Kier alpha value is 0.534. The fourth-order valence-electron chi connectivity index (χ4n) is 5.83. The Morgan fingerprint density at radius 1 is 0.531 bits per heavy atom. The van der Waals surface area contributed by atoms with Gasteiger partial charge in [0, 0.05) is 59.4 Å². The minimum atomic E-state index is 0. The number of rotatable bonds is 37. The molecular formula is C41H87NO6Y. The first-order valence-corrected chi connectivity index (χ1v) is 20.8. The van der Waals surface area contributed by atoms with Crippen LogP contribution < -0.4 is 0 Å². The fourth-order valence-corrected chi connectivity index (χ4v) is 5.83. The van der Waals surface area contributed by atoms with Gasteiger partial charge in [-0.3, -0.25) is 5.26 Å². The Morgan fingerprint density at radius 3 is 1.35 bits per heavy atom. The van der Waals surface area contributed by atoms with E-state index in [0.29, 0.717) is 25.7 Å². The van der Waals surface area contributed by atoms with Gasteiger partial charge in [-0.25, -0.2) is 4.89 Å². The molecule has 7 nitrogen and oxygen atoms in total. The first kappa shape index (κ1) is 56.3. The standard InChI is InChI=1S/C18H37NO3.C18H38O.C5H12O2.Y/c20-16-11-7-3-1-5-9-13-19(15-18-22)14-10-6-2-4-8-12-17-21;1-4-6-8-10-12-14-16-18(19-3)17-15-13-11-9-7-5-2;1-2-3-4-5-7-6;/h16,21-22H,1-15,17-18H2;18H,4-17H2,1-3H3;6H,2-5H2,1H3;. The van der Waals surface area contributed by atoms with Gasteiger partial charge in [0.05, 0.1) is 19.3 Å². The van der Waals surface area contributed by atoms with E-state index >= 15 is 0 Å². The zero-order chi connectivity index (χ0) is 36.0. The Balaban J connectivity index is -0.000000342. The molecule has 0 bridgehead atoms. The predicted molar refractivity (Wildman–Crippen MR) is 207 cm³/mol. The number of aldehydes is 1. The first-order valence-electron chi connectivity index (χ1n) is 20.8. The molecule has 0 rings (SSSR count). The molecule has 49 heavy (non-hydrogen) atoms. The summed E-state index contributed by atoms with van der Waals surface area (Å²) < 4.78 is 5.61. The van der Waals surface area contributed by atoms with Crippen LogP contribution in [0.5, 0.6) is 0 Å². The Labute approximate surface area is 331 Å². The molecule has 0 aliphatic heterocycles. The Morgan fingerprint density at radius 2 is 0.939 bits per heavy atom. The predicted octanol–water partition coefficient (Wildman–Crippen LogP) is 11.3. The van der Waals surface area contributed by atoms with Gasteiger partial charge in [-0.05, 0) is 58.0 Å². The van der Waals surface area contributed by atoms with E-state index in [-0.39, 0.29) is 39.3 Å². The van der Waals surface area contributed by atoms with E-state index in [0.717, 1.165) is 64.4 Å². The van der Waals surface area contributed by atoms with Crippen molar-refractivity contribution in [1.29, 1.82) is 0 Å². The molecule has 0 aliphatic carbocycles. The maximum absolute atomic E-state index is 10.2. The third-order valence-electron chi connectivity index (χ3n) is 9.03. The van der Waals surface area contributed by atoms with E-state index in [1.165, 1.54) is 141 Å². The third-order valence-corrected chi connectivity index (χ3v) is 9.03. The molecule has 295 valence electrons. The molecule has 0 aromatic heterocycles. The van der Waals surface area contributed by atoms with Crippen LogP contribution in [0.25, 0.3) is 0 Å². The van der Waals surface area contributed by atoms with Crippen LogP contribution in [0.4, 0.5) is 0 Å². The van der Waals surface area contributed by atoms with Gasteiger partial charge >= 0.3 is 0 Å². The summed E-state index contributed by atoms with van der Waals surface area (Å²) in [5.74, 6) is 0. The molecular weight excluding hydrogens is 691 g/mol. The molecule has 0 fully saturated rings. The van der Waals surface area contributed by atoms with Crippen molar-refractivity contribution in [3.8, 4) is 0 Å². The van der Waals surface area contributed by atoms with Crippen LogP contribution in [0.2, 0.25) is 0 Å². The van der Waals surface area contributed by atoms with E-state index in [1.807, 2.05) is 7.11 Å². The van der Waals surface area contributed by atoms with Crippen LogP contribution in [-0.2, 0) is 47.1 Å². The topological polar surface area (TPSA) is 99.5 Å². The molecule has 0 saturated heterocycles. The molecule has 0 saturated carbocycles. The number of ether oxygens (including phenoxy) is 1. The number of carbonyl (C=O) groups excluding carboxylic acids is 1. The van der Waals surface area contributed by atoms with E-state index in [1.54, 1.807) is 0 Å². The van der Waals surface area contributed by atoms with Gasteiger partial charge in [0.1, 0.15) is 6.29 Å². The summed E-state index contributed by atoms with van der Waals surface area (Å²) in [5, 5.41) is 25.6. The van der Waals surface area contributed by atoms with Gasteiger partial charge in [0.25, 0.3) is 0 Å². The minimum Gasteiger partial charge on any atom is -0.396 e. The number of hydrogen-bond donors (Lipinski definition) is 3. The number of nitrogens with zero attached hydrogens (tertiary/aromatic N) is 1.